The molecular formula is C12H17IN2O2. The van der Waals surface area contributed by atoms with Gasteiger partial charge in [-0.3, -0.25) is 9.78 Å². The Morgan fingerprint density at radius 1 is 1.59 bits per heavy atom. The number of ether oxygens (including phenoxy) is 1. The van der Waals surface area contributed by atoms with E-state index in [4.69, 9.17) is 4.74 Å². The first-order valence-electron chi connectivity index (χ1n) is 5.37. The van der Waals surface area contributed by atoms with E-state index in [-0.39, 0.29) is 5.91 Å². The van der Waals surface area contributed by atoms with Crippen molar-refractivity contribution in [3.63, 3.8) is 0 Å². The number of halogens is 1. The first-order valence-corrected chi connectivity index (χ1v) is 6.45. The number of nitrogens with one attached hydrogen (secondary N) is 1. The van der Waals surface area contributed by atoms with Gasteiger partial charge in [0.15, 0.2) is 0 Å². The number of amides is 1. The Morgan fingerprint density at radius 2 is 2.29 bits per heavy atom. The third kappa shape index (κ3) is 3.92. The van der Waals surface area contributed by atoms with Crippen LogP contribution >= 0.6 is 22.6 Å². The number of pyridine rings is 1. The van der Waals surface area contributed by atoms with E-state index in [2.05, 4.69) is 32.9 Å². The monoisotopic (exact) mass is 348 g/mol. The zero-order chi connectivity index (χ0) is 12.9. The van der Waals surface area contributed by atoms with Crippen molar-refractivity contribution in [2.24, 2.45) is 0 Å². The van der Waals surface area contributed by atoms with Gasteiger partial charge in [0.1, 0.15) is 0 Å². The Bertz CT molecular complexity index is 394. The molecule has 0 radical (unpaired) electrons. The zero-order valence-electron chi connectivity index (χ0n) is 10.3. The molecule has 0 saturated carbocycles. The van der Waals surface area contributed by atoms with Crippen LogP contribution in [-0.2, 0) is 14.9 Å². The Hall–Kier alpha value is -0.690. The number of rotatable bonds is 5. The summed E-state index contributed by atoms with van der Waals surface area (Å²) in [6.45, 7) is 4.77. The van der Waals surface area contributed by atoms with Crippen molar-refractivity contribution in [3.05, 3.63) is 27.6 Å². The van der Waals surface area contributed by atoms with Gasteiger partial charge in [0.25, 0.3) is 0 Å². The molecular weight excluding hydrogens is 331 g/mol. The quantitative estimate of drug-likeness (QED) is 0.651. The smallest absolute Gasteiger partial charge is 0.231 e. The maximum atomic E-state index is 12.0. The third-order valence-electron chi connectivity index (χ3n) is 2.52. The SMILES string of the molecule is COCCNC(=O)C(C)(C)c1cc(I)ccn1. The molecule has 1 rings (SSSR count). The first kappa shape index (κ1) is 14.4. The summed E-state index contributed by atoms with van der Waals surface area (Å²) in [7, 11) is 1.61. The van der Waals surface area contributed by atoms with Gasteiger partial charge in [-0.15, -0.1) is 0 Å². The molecule has 0 aliphatic carbocycles. The van der Waals surface area contributed by atoms with E-state index in [1.807, 2.05) is 26.0 Å². The van der Waals surface area contributed by atoms with Gasteiger partial charge in [-0.05, 0) is 48.6 Å². The Balaban J connectivity index is 2.76. The summed E-state index contributed by atoms with van der Waals surface area (Å²) in [6.07, 6.45) is 1.72. The summed E-state index contributed by atoms with van der Waals surface area (Å²) < 4.78 is 5.97. The van der Waals surface area contributed by atoms with Crippen LogP contribution in [0.1, 0.15) is 19.5 Å². The van der Waals surface area contributed by atoms with Crippen LogP contribution in [0.5, 0.6) is 0 Å². The molecule has 5 heteroatoms. The number of aromatic nitrogens is 1. The van der Waals surface area contributed by atoms with E-state index < -0.39 is 5.41 Å². The van der Waals surface area contributed by atoms with Crippen molar-refractivity contribution in [1.29, 1.82) is 0 Å². The van der Waals surface area contributed by atoms with Gasteiger partial charge < -0.3 is 10.1 Å². The van der Waals surface area contributed by atoms with E-state index >= 15 is 0 Å². The predicted molar refractivity (Wildman–Crippen MR) is 74.9 cm³/mol. The minimum atomic E-state index is -0.630. The maximum absolute atomic E-state index is 12.0. The van der Waals surface area contributed by atoms with Crippen LogP contribution in [-0.4, -0.2) is 31.2 Å². The second kappa shape index (κ2) is 6.30. The lowest BCUT2D eigenvalue weighted by molar-refractivity contribution is -0.125. The summed E-state index contributed by atoms with van der Waals surface area (Å²) >= 11 is 2.21. The molecule has 0 aromatic carbocycles. The number of carbonyl (C=O) groups is 1. The van der Waals surface area contributed by atoms with Crippen LogP contribution < -0.4 is 5.32 Å². The summed E-state index contributed by atoms with van der Waals surface area (Å²) in [4.78, 5) is 16.3. The fourth-order valence-electron chi connectivity index (χ4n) is 1.35. The number of methoxy groups -OCH3 is 1. The molecule has 1 aromatic rings. The van der Waals surface area contributed by atoms with Gasteiger partial charge in [0.05, 0.1) is 17.7 Å². The van der Waals surface area contributed by atoms with Gasteiger partial charge in [-0.2, -0.15) is 0 Å². The fourth-order valence-corrected chi connectivity index (χ4v) is 1.81. The van der Waals surface area contributed by atoms with E-state index in [1.54, 1.807) is 13.3 Å². The van der Waals surface area contributed by atoms with Crippen LogP contribution in [0, 0.1) is 3.57 Å². The summed E-state index contributed by atoms with van der Waals surface area (Å²) in [5.41, 5.74) is 0.147. The largest absolute Gasteiger partial charge is 0.383 e. The van der Waals surface area contributed by atoms with Crippen LogP contribution in [0.15, 0.2) is 18.3 Å². The van der Waals surface area contributed by atoms with Crippen LogP contribution in [0.3, 0.4) is 0 Å². The lowest BCUT2D eigenvalue weighted by Crippen LogP contribution is -2.41. The van der Waals surface area contributed by atoms with E-state index in [0.717, 1.165) is 9.26 Å². The van der Waals surface area contributed by atoms with Crippen molar-refractivity contribution >= 4 is 28.5 Å². The molecule has 1 N–H and O–H groups in total. The minimum absolute atomic E-state index is 0.0379. The molecule has 0 aliphatic heterocycles. The number of hydrogen-bond donors (Lipinski definition) is 1. The molecule has 0 unspecified atom stereocenters. The summed E-state index contributed by atoms with van der Waals surface area (Å²) in [5, 5.41) is 2.84. The normalized spacial score (nSPS) is 11.3. The molecule has 17 heavy (non-hydrogen) atoms. The lowest BCUT2D eigenvalue weighted by Gasteiger charge is -2.23. The van der Waals surface area contributed by atoms with Gasteiger partial charge in [0, 0.05) is 23.4 Å². The summed E-state index contributed by atoms with van der Waals surface area (Å²) in [6, 6.07) is 3.83. The molecule has 0 bridgehead atoms. The molecule has 0 saturated heterocycles. The highest BCUT2D eigenvalue weighted by molar-refractivity contribution is 14.1. The molecule has 94 valence electrons. The van der Waals surface area contributed by atoms with Crippen molar-refractivity contribution in [2.45, 2.75) is 19.3 Å². The van der Waals surface area contributed by atoms with Gasteiger partial charge >= 0.3 is 0 Å². The number of carbonyl (C=O) groups excluding carboxylic acids is 1. The predicted octanol–water partition coefficient (Wildman–Crippen LogP) is 1.73. The van der Waals surface area contributed by atoms with Gasteiger partial charge in [-0.25, -0.2) is 0 Å². The molecule has 1 amide bonds. The molecule has 0 spiro atoms. The first-order chi connectivity index (χ1) is 7.98. The molecule has 1 heterocycles. The highest BCUT2D eigenvalue weighted by atomic mass is 127. The molecule has 4 nitrogen and oxygen atoms in total. The van der Waals surface area contributed by atoms with Crippen molar-refractivity contribution in [1.82, 2.24) is 10.3 Å². The lowest BCUT2D eigenvalue weighted by atomic mass is 9.87. The van der Waals surface area contributed by atoms with E-state index in [0.29, 0.717) is 13.2 Å². The fraction of sp³-hybridized carbons (Fsp3) is 0.500. The molecule has 0 fully saturated rings. The Morgan fingerprint density at radius 3 is 2.88 bits per heavy atom. The molecule has 1 aromatic heterocycles. The highest BCUT2D eigenvalue weighted by Crippen LogP contribution is 2.22. The van der Waals surface area contributed by atoms with E-state index in [1.165, 1.54) is 0 Å². The highest BCUT2D eigenvalue weighted by Gasteiger charge is 2.30. The average molecular weight is 348 g/mol. The van der Waals surface area contributed by atoms with Gasteiger partial charge in [0.2, 0.25) is 5.91 Å². The average Bonchev–Trinajstić information content (AvgIpc) is 2.29. The Kier molecular flexibility index (Phi) is 5.32. The second-order valence-corrected chi connectivity index (χ2v) is 5.48. The number of hydrogen-bond acceptors (Lipinski definition) is 3. The van der Waals surface area contributed by atoms with Crippen LogP contribution in [0.25, 0.3) is 0 Å². The third-order valence-corrected chi connectivity index (χ3v) is 3.19. The second-order valence-electron chi connectivity index (χ2n) is 4.23. The van der Waals surface area contributed by atoms with Gasteiger partial charge in [-0.1, -0.05) is 0 Å². The van der Waals surface area contributed by atoms with Crippen molar-refractivity contribution in [3.8, 4) is 0 Å². The zero-order valence-corrected chi connectivity index (χ0v) is 12.4. The van der Waals surface area contributed by atoms with Crippen LogP contribution in [0.4, 0.5) is 0 Å². The standard InChI is InChI=1S/C12H17IN2O2/c1-12(2,11(16)15-6-7-17-3)10-8-9(13)4-5-14-10/h4-5,8H,6-7H2,1-3H3,(H,15,16). The van der Waals surface area contributed by atoms with Crippen molar-refractivity contribution in [2.75, 3.05) is 20.3 Å². The van der Waals surface area contributed by atoms with E-state index in [9.17, 15) is 4.79 Å². The Labute approximate surface area is 115 Å². The topological polar surface area (TPSA) is 51.2 Å². The van der Waals surface area contributed by atoms with Crippen molar-refractivity contribution < 1.29 is 9.53 Å². The van der Waals surface area contributed by atoms with Crippen LogP contribution in [0.2, 0.25) is 0 Å². The minimum Gasteiger partial charge on any atom is -0.383 e. The number of nitrogens with zero attached hydrogens (tertiary/aromatic N) is 1. The maximum Gasteiger partial charge on any atom is 0.231 e. The molecule has 0 aliphatic rings. The molecule has 0 atom stereocenters. The summed E-state index contributed by atoms with van der Waals surface area (Å²) in [5.74, 6) is -0.0379.